The molecule has 1 heterocycles. The maximum atomic E-state index is 13.2. The molecule has 0 unspecified atom stereocenters. The third-order valence-electron chi connectivity index (χ3n) is 10.6. The Bertz CT molecular complexity index is 712. The van der Waals surface area contributed by atoms with Crippen molar-refractivity contribution in [2.75, 3.05) is 6.61 Å². The van der Waals surface area contributed by atoms with Crippen molar-refractivity contribution in [2.24, 2.45) is 34.5 Å². The molecule has 0 aromatic carbocycles. The van der Waals surface area contributed by atoms with Crippen LogP contribution in [0.4, 0.5) is 0 Å². The van der Waals surface area contributed by atoms with Crippen LogP contribution in [0.2, 0.25) is 0 Å². The molecule has 30 heavy (non-hydrogen) atoms. The van der Waals surface area contributed by atoms with Crippen LogP contribution in [0.3, 0.4) is 0 Å². The van der Waals surface area contributed by atoms with Crippen LogP contribution in [0.1, 0.15) is 97.8 Å². The molecule has 1 saturated heterocycles. The Balaban J connectivity index is 1.43. The number of hydrogen-bond acceptors (Lipinski definition) is 4. The lowest BCUT2D eigenvalue weighted by molar-refractivity contribution is -0.255. The highest BCUT2D eigenvalue weighted by atomic mass is 16.7. The third-order valence-corrected chi connectivity index (χ3v) is 10.6. The maximum absolute atomic E-state index is 13.2. The van der Waals surface area contributed by atoms with E-state index in [0.717, 1.165) is 64.4 Å². The number of fused-ring (bicyclic) bond motifs is 5. The van der Waals surface area contributed by atoms with Gasteiger partial charge in [-0.15, -0.1) is 0 Å². The van der Waals surface area contributed by atoms with Crippen LogP contribution in [0.15, 0.2) is 0 Å². The molecule has 4 saturated carbocycles. The average molecular weight is 417 g/mol. The van der Waals surface area contributed by atoms with E-state index in [1.165, 1.54) is 19.3 Å². The molecule has 0 aromatic heterocycles. The zero-order valence-electron chi connectivity index (χ0n) is 19.2. The molecule has 8 atom stereocenters. The number of carbonyl (C=O) groups is 2. The van der Waals surface area contributed by atoms with Crippen molar-refractivity contribution in [1.82, 2.24) is 0 Å². The van der Waals surface area contributed by atoms with Gasteiger partial charge in [0, 0.05) is 24.9 Å². The van der Waals surface area contributed by atoms with Gasteiger partial charge in [-0.05, 0) is 100 Å². The van der Waals surface area contributed by atoms with Gasteiger partial charge in [0.15, 0.2) is 12.1 Å². The smallest absolute Gasteiger partial charge is 0.162 e. The average Bonchev–Trinajstić information content (AvgIpc) is 3.03. The maximum Gasteiger partial charge on any atom is 0.162 e. The van der Waals surface area contributed by atoms with E-state index in [2.05, 4.69) is 13.8 Å². The Morgan fingerprint density at radius 2 is 1.80 bits per heavy atom. The molecule has 5 fully saturated rings. The second kappa shape index (κ2) is 7.40. The summed E-state index contributed by atoms with van der Waals surface area (Å²) in [5, 5.41) is 0. The van der Waals surface area contributed by atoms with Crippen LogP contribution in [-0.4, -0.2) is 30.1 Å². The summed E-state index contributed by atoms with van der Waals surface area (Å²) in [4.78, 5) is 25.3. The number of carbonyl (C=O) groups excluding carboxylic acids is 2. The fourth-order valence-corrected chi connectivity index (χ4v) is 8.93. The van der Waals surface area contributed by atoms with Crippen molar-refractivity contribution in [1.29, 1.82) is 0 Å². The van der Waals surface area contributed by atoms with Crippen molar-refractivity contribution in [3.63, 3.8) is 0 Å². The molecule has 0 aromatic rings. The Kier molecular flexibility index (Phi) is 5.21. The predicted octanol–water partition coefficient (Wildman–Crippen LogP) is 5.47. The number of hydrogen-bond donors (Lipinski definition) is 0. The Morgan fingerprint density at radius 1 is 1.00 bits per heavy atom. The van der Waals surface area contributed by atoms with E-state index in [9.17, 15) is 9.59 Å². The monoisotopic (exact) mass is 416 g/mol. The highest BCUT2D eigenvalue weighted by molar-refractivity contribution is 5.86. The highest BCUT2D eigenvalue weighted by Gasteiger charge is 2.67. The van der Waals surface area contributed by atoms with Crippen LogP contribution in [0.25, 0.3) is 0 Å². The number of rotatable bonds is 3. The predicted molar refractivity (Wildman–Crippen MR) is 115 cm³/mol. The van der Waals surface area contributed by atoms with Crippen molar-refractivity contribution in [3.05, 3.63) is 0 Å². The van der Waals surface area contributed by atoms with Gasteiger partial charge >= 0.3 is 0 Å². The second-order valence-corrected chi connectivity index (χ2v) is 11.7. The summed E-state index contributed by atoms with van der Waals surface area (Å²) < 4.78 is 12.6. The van der Waals surface area contributed by atoms with Crippen LogP contribution in [-0.2, 0) is 19.1 Å². The molecule has 0 spiro atoms. The Hall–Kier alpha value is -0.740. The second-order valence-electron chi connectivity index (χ2n) is 11.7. The van der Waals surface area contributed by atoms with Crippen LogP contribution in [0, 0.1) is 34.5 Å². The molecule has 5 aliphatic rings. The molecule has 0 amide bonds. The number of ketones is 2. The van der Waals surface area contributed by atoms with Crippen molar-refractivity contribution >= 4 is 11.6 Å². The van der Waals surface area contributed by atoms with Crippen LogP contribution < -0.4 is 0 Å². The van der Waals surface area contributed by atoms with E-state index in [-0.39, 0.29) is 17.5 Å². The molecule has 4 heteroatoms. The lowest BCUT2D eigenvalue weighted by Gasteiger charge is -2.61. The Labute approximate surface area is 181 Å². The van der Waals surface area contributed by atoms with E-state index in [0.29, 0.717) is 34.9 Å². The van der Waals surface area contributed by atoms with E-state index in [1.807, 2.05) is 0 Å². The van der Waals surface area contributed by atoms with E-state index in [4.69, 9.17) is 9.47 Å². The van der Waals surface area contributed by atoms with Crippen molar-refractivity contribution in [3.8, 4) is 0 Å². The molecule has 4 nitrogen and oxygen atoms in total. The third kappa shape index (κ3) is 2.92. The quantitative estimate of drug-likeness (QED) is 0.612. The minimum absolute atomic E-state index is 0.0888. The summed E-state index contributed by atoms with van der Waals surface area (Å²) in [6, 6.07) is 0. The molecule has 168 valence electrons. The zero-order chi connectivity index (χ0) is 21.1. The van der Waals surface area contributed by atoms with Gasteiger partial charge in [-0.25, -0.2) is 0 Å². The summed E-state index contributed by atoms with van der Waals surface area (Å²) >= 11 is 0. The summed E-state index contributed by atoms with van der Waals surface area (Å²) in [5.41, 5.74) is -0.452. The lowest BCUT2D eigenvalue weighted by Crippen LogP contribution is -2.60. The van der Waals surface area contributed by atoms with Gasteiger partial charge in [0.2, 0.25) is 0 Å². The molecular formula is C26H40O4. The first-order chi connectivity index (χ1) is 14.3. The van der Waals surface area contributed by atoms with Crippen molar-refractivity contribution in [2.45, 2.75) is 110 Å². The van der Waals surface area contributed by atoms with Crippen LogP contribution in [0.5, 0.6) is 0 Å². The van der Waals surface area contributed by atoms with E-state index < -0.39 is 5.60 Å². The molecule has 0 radical (unpaired) electrons. The molecule has 0 N–H and O–H groups in total. The number of Topliss-reactive ketones (excluding diaryl/α,β-unsaturated/α-hetero) is 2. The minimum Gasteiger partial charge on any atom is -0.353 e. The molecule has 1 aliphatic heterocycles. The lowest BCUT2D eigenvalue weighted by atomic mass is 9.44. The van der Waals surface area contributed by atoms with Gasteiger partial charge in [0.1, 0.15) is 11.4 Å². The van der Waals surface area contributed by atoms with Crippen molar-refractivity contribution < 1.29 is 19.1 Å². The zero-order valence-corrected chi connectivity index (χ0v) is 19.2. The SMILES string of the molecule is CC(=O)[C@@]1(O[C@@H]2CCCCO2)CC[C@H]2[C@@H]3CC[C@@H]4CC(=O)CC[C@]4(C)[C@H]3CC[C@@]21C. The van der Waals surface area contributed by atoms with Gasteiger partial charge in [-0.2, -0.15) is 0 Å². The molecule has 4 aliphatic carbocycles. The first kappa shape index (κ1) is 21.1. The summed E-state index contributed by atoms with van der Waals surface area (Å²) in [6.45, 7) is 7.36. The Morgan fingerprint density at radius 3 is 2.53 bits per heavy atom. The highest BCUT2D eigenvalue weighted by Crippen LogP contribution is 2.69. The van der Waals surface area contributed by atoms with Crippen LogP contribution >= 0.6 is 0 Å². The summed E-state index contributed by atoms with van der Waals surface area (Å²) in [7, 11) is 0. The topological polar surface area (TPSA) is 52.6 Å². The largest absolute Gasteiger partial charge is 0.353 e. The van der Waals surface area contributed by atoms with Gasteiger partial charge in [0.05, 0.1) is 0 Å². The van der Waals surface area contributed by atoms with E-state index in [1.54, 1.807) is 6.92 Å². The van der Waals surface area contributed by atoms with Gasteiger partial charge in [-0.1, -0.05) is 13.8 Å². The first-order valence-corrected chi connectivity index (χ1v) is 12.6. The standard InChI is InChI=1S/C26H40O4/c1-17(27)26(30-23-6-4-5-15-29-23)14-11-22-20-8-7-18-16-19(28)9-12-24(18,2)21(20)10-13-25(22,26)3/h18,20-23H,4-16H2,1-3H3/t18-,20-,21+,22+,23-,24+,25+,26+/m1/s1. The molecule has 5 rings (SSSR count). The summed E-state index contributed by atoms with van der Waals surface area (Å²) in [5.74, 6) is 3.21. The van der Waals surface area contributed by atoms with Gasteiger partial charge < -0.3 is 9.47 Å². The number of ether oxygens (including phenoxy) is 2. The molecule has 0 bridgehead atoms. The summed E-state index contributed by atoms with van der Waals surface area (Å²) in [6.07, 6.45) is 12.2. The minimum atomic E-state index is -0.676. The molecular weight excluding hydrogens is 376 g/mol. The first-order valence-electron chi connectivity index (χ1n) is 12.6. The van der Waals surface area contributed by atoms with E-state index >= 15 is 0 Å². The van der Waals surface area contributed by atoms with Gasteiger partial charge in [-0.3, -0.25) is 9.59 Å². The fraction of sp³-hybridized carbons (Fsp3) is 0.923. The normalized spacial score (nSPS) is 51.0. The fourth-order valence-electron chi connectivity index (χ4n) is 8.93. The van der Waals surface area contributed by atoms with Gasteiger partial charge in [0.25, 0.3) is 0 Å².